The Morgan fingerprint density at radius 1 is 1.47 bits per heavy atom. The molecule has 0 saturated carbocycles. The number of benzene rings is 1. The summed E-state index contributed by atoms with van der Waals surface area (Å²) >= 11 is 0. The Bertz CT molecular complexity index is 496. The summed E-state index contributed by atoms with van der Waals surface area (Å²) in [5, 5.41) is 10.4. The molecule has 1 aromatic carbocycles. The standard InChI is InChI=1S/C7H8N2O5S/c1-5-4-6(8-15(12,13)14)2-3-7(5)9(10)11/h2-4,8H,1H3,(H,12,13,14). The maximum atomic E-state index is 10.4. The summed E-state index contributed by atoms with van der Waals surface area (Å²) in [5.41, 5.74) is 0.255. The van der Waals surface area contributed by atoms with Crippen LogP contribution in [0.1, 0.15) is 5.56 Å². The predicted molar refractivity (Wildman–Crippen MR) is 53.0 cm³/mol. The number of nitro groups is 1. The zero-order chi connectivity index (χ0) is 11.6. The number of nitrogens with zero attached hydrogens (tertiary/aromatic N) is 1. The number of nitrogens with one attached hydrogen (secondary N) is 1. The molecule has 0 atom stereocenters. The summed E-state index contributed by atoms with van der Waals surface area (Å²) in [6.45, 7) is 1.47. The highest BCUT2D eigenvalue weighted by Crippen LogP contribution is 2.21. The van der Waals surface area contributed by atoms with Crippen molar-refractivity contribution < 1.29 is 17.9 Å². The first-order chi connectivity index (χ1) is 6.79. The number of hydrogen-bond donors (Lipinski definition) is 2. The van der Waals surface area contributed by atoms with Crippen molar-refractivity contribution in [3.63, 3.8) is 0 Å². The van der Waals surface area contributed by atoms with Gasteiger partial charge in [0, 0.05) is 11.6 Å². The minimum atomic E-state index is -4.35. The van der Waals surface area contributed by atoms with E-state index in [4.69, 9.17) is 4.55 Å². The minimum Gasteiger partial charge on any atom is -0.269 e. The normalized spacial score (nSPS) is 11.1. The van der Waals surface area contributed by atoms with Gasteiger partial charge >= 0.3 is 10.3 Å². The van der Waals surface area contributed by atoms with Gasteiger partial charge in [-0.25, -0.2) is 0 Å². The van der Waals surface area contributed by atoms with E-state index < -0.39 is 15.2 Å². The van der Waals surface area contributed by atoms with Crippen LogP contribution in [0.25, 0.3) is 0 Å². The molecule has 0 aliphatic rings. The first-order valence-corrected chi connectivity index (χ1v) is 5.24. The van der Waals surface area contributed by atoms with Gasteiger partial charge in [0.25, 0.3) is 5.69 Å². The Hall–Kier alpha value is -1.67. The van der Waals surface area contributed by atoms with Gasteiger partial charge in [-0.1, -0.05) is 0 Å². The van der Waals surface area contributed by atoms with Crippen LogP contribution in [0.3, 0.4) is 0 Å². The maximum absolute atomic E-state index is 10.4. The summed E-state index contributed by atoms with van der Waals surface area (Å²) in [5.74, 6) is 0. The van der Waals surface area contributed by atoms with Gasteiger partial charge in [-0.05, 0) is 19.1 Å². The van der Waals surface area contributed by atoms with E-state index in [2.05, 4.69) is 0 Å². The summed E-state index contributed by atoms with van der Waals surface area (Å²) in [6, 6.07) is 3.60. The second-order valence-corrected chi connectivity index (χ2v) is 3.99. The largest absolute Gasteiger partial charge is 0.357 e. The smallest absolute Gasteiger partial charge is 0.269 e. The second-order valence-electron chi connectivity index (χ2n) is 2.84. The minimum absolute atomic E-state index is 0.0700. The van der Waals surface area contributed by atoms with Crippen LogP contribution < -0.4 is 4.72 Å². The summed E-state index contributed by atoms with van der Waals surface area (Å²) < 4.78 is 31.1. The predicted octanol–water partition coefficient (Wildman–Crippen LogP) is 1.12. The van der Waals surface area contributed by atoms with Crippen molar-refractivity contribution in [3.8, 4) is 0 Å². The van der Waals surface area contributed by atoms with E-state index in [0.29, 0.717) is 5.56 Å². The Balaban J connectivity index is 3.07. The Labute approximate surface area is 85.8 Å². The third-order valence-corrected chi connectivity index (χ3v) is 2.13. The molecule has 0 fully saturated rings. The van der Waals surface area contributed by atoms with Crippen molar-refractivity contribution in [2.45, 2.75) is 6.92 Å². The number of nitro benzene ring substituents is 1. The van der Waals surface area contributed by atoms with Crippen LogP contribution in [0.5, 0.6) is 0 Å². The van der Waals surface area contributed by atoms with Gasteiger partial charge < -0.3 is 0 Å². The first kappa shape index (κ1) is 11.4. The highest BCUT2D eigenvalue weighted by atomic mass is 32.2. The molecule has 8 heteroatoms. The van der Waals surface area contributed by atoms with Crippen molar-refractivity contribution >= 4 is 21.7 Å². The third kappa shape index (κ3) is 3.18. The van der Waals surface area contributed by atoms with Crippen molar-refractivity contribution in [2.75, 3.05) is 4.72 Å². The van der Waals surface area contributed by atoms with E-state index in [1.807, 2.05) is 0 Å². The van der Waals surface area contributed by atoms with Gasteiger partial charge in [0.2, 0.25) is 0 Å². The fourth-order valence-corrected chi connectivity index (χ4v) is 1.50. The maximum Gasteiger partial charge on any atom is 0.357 e. The molecular formula is C7H8N2O5S. The molecule has 0 aliphatic heterocycles. The molecule has 2 N–H and O–H groups in total. The number of rotatable bonds is 3. The lowest BCUT2D eigenvalue weighted by Gasteiger charge is -2.03. The van der Waals surface area contributed by atoms with Gasteiger partial charge in [-0.2, -0.15) is 8.42 Å². The van der Waals surface area contributed by atoms with E-state index in [1.165, 1.54) is 19.1 Å². The quantitative estimate of drug-likeness (QED) is 0.461. The number of hydrogen-bond acceptors (Lipinski definition) is 4. The monoisotopic (exact) mass is 232 g/mol. The van der Waals surface area contributed by atoms with Gasteiger partial charge in [-0.15, -0.1) is 0 Å². The van der Waals surface area contributed by atoms with Crippen molar-refractivity contribution in [1.29, 1.82) is 0 Å². The molecule has 0 saturated heterocycles. The third-order valence-electron chi connectivity index (χ3n) is 1.64. The van der Waals surface area contributed by atoms with Crippen LogP contribution in [0.15, 0.2) is 18.2 Å². The number of aryl methyl sites for hydroxylation is 1. The molecule has 15 heavy (non-hydrogen) atoms. The van der Waals surface area contributed by atoms with E-state index in [9.17, 15) is 18.5 Å². The lowest BCUT2D eigenvalue weighted by atomic mass is 10.2. The molecule has 0 radical (unpaired) electrons. The zero-order valence-electron chi connectivity index (χ0n) is 7.67. The average molecular weight is 232 g/mol. The Kier molecular flexibility index (Phi) is 2.91. The molecule has 0 bridgehead atoms. The lowest BCUT2D eigenvalue weighted by molar-refractivity contribution is -0.385. The van der Waals surface area contributed by atoms with Gasteiger partial charge in [0.1, 0.15) is 0 Å². The van der Waals surface area contributed by atoms with Crippen LogP contribution in [0, 0.1) is 17.0 Å². The van der Waals surface area contributed by atoms with Crippen molar-refractivity contribution in [1.82, 2.24) is 0 Å². The molecule has 7 nitrogen and oxygen atoms in total. The molecule has 0 aliphatic carbocycles. The lowest BCUT2D eigenvalue weighted by Crippen LogP contribution is -2.10. The Morgan fingerprint density at radius 2 is 2.07 bits per heavy atom. The SMILES string of the molecule is Cc1cc(NS(=O)(=O)O)ccc1[N+](=O)[O-]. The molecule has 1 aromatic rings. The van der Waals surface area contributed by atoms with Gasteiger partial charge in [0.05, 0.1) is 10.6 Å². The molecule has 0 unspecified atom stereocenters. The van der Waals surface area contributed by atoms with Crippen LogP contribution in [0.2, 0.25) is 0 Å². The van der Waals surface area contributed by atoms with Gasteiger partial charge in [0.15, 0.2) is 0 Å². The molecule has 82 valence electrons. The van der Waals surface area contributed by atoms with E-state index >= 15 is 0 Å². The van der Waals surface area contributed by atoms with Crippen LogP contribution in [-0.2, 0) is 10.3 Å². The molecule has 0 heterocycles. The fraction of sp³-hybridized carbons (Fsp3) is 0.143. The van der Waals surface area contributed by atoms with E-state index in [0.717, 1.165) is 6.07 Å². The summed E-state index contributed by atoms with van der Waals surface area (Å²) in [4.78, 5) is 9.86. The first-order valence-electron chi connectivity index (χ1n) is 3.80. The van der Waals surface area contributed by atoms with Gasteiger partial charge in [-0.3, -0.25) is 19.4 Å². The fourth-order valence-electron chi connectivity index (χ4n) is 1.07. The van der Waals surface area contributed by atoms with Crippen molar-refractivity contribution in [2.24, 2.45) is 0 Å². The molecule has 1 rings (SSSR count). The number of anilines is 1. The highest BCUT2D eigenvalue weighted by Gasteiger charge is 2.11. The van der Waals surface area contributed by atoms with Crippen LogP contribution >= 0.6 is 0 Å². The zero-order valence-corrected chi connectivity index (χ0v) is 8.48. The molecule has 0 amide bonds. The molecular weight excluding hydrogens is 224 g/mol. The van der Waals surface area contributed by atoms with Crippen molar-refractivity contribution in [3.05, 3.63) is 33.9 Å². The van der Waals surface area contributed by atoms with E-state index in [1.54, 1.807) is 4.72 Å². The summed E-state index contributed by atoms with van der Waals surface area (Å²) in [7, 11) is -4.35. The second kappa shape index (κ2) is 3.83. The summed E-state index contributed by atoms with van der Waals surface area (Å²) in [6.07, 6.45) is 0. The highest BCUT2D eigenvalue weighted by molar-refractivity contribution is 7.87. The molecule has 0 aromatic heterocycles. The topological polar surface area (TPSA) is 110 Å². The Morgan fingerprint density at radius 3 is 2.47 bits per heavy atom. The van der Waals surface area contributed by atoms with Crippen LogP contribution in [0.4, 0.5) is 11.4 Å². The van der Waals surface area contributed by atoms with E-state index in [-0.39, 0.29) is 11.4 Å². The van der Waals surface area contributed by atoms with Crippen LogP contribution in [-0.4, -0.2) is 17.9 Å². The average Bonchev–Trinajstić information content (AvgIpc) is 1.99. The molecule has 0 spiro atoms.